The lowest BCUT2D eigenvalue weighted by Crippen LogP contribution is -2.10. The molecule has 6 heteroatoms. The van der Waals surface area contributed by atoms with Crippen LogP contribution in [0.3, 0.4) is 0 Å². The summed E-state index contributed by atoms with van der Waals surface area (Å²) in [5, 5.41) is 2.72. The van der Waals surface area contributed by atoms with Gasteiger partial charge in [-0.25, -0.2) is 4.79 Å². The average Bonchev–Trinajstić information content (AvgIpc) is 2.76. The minimum Gasteiger partial charge on any atom is -0.493 e. The number of carbonyl (C=O) groups excluding carboxylic acids is 1. The lowest BCUT2D eigenvalue weighted by Gasteiger charge is -2.11. The molecule has 0 atom stereocenters. The van der Waals surface area contributed by atoms with Gasteiger partial charge in [-0.3, -0.25) is 4.79 Å². The van der Waals surface area contributed by atoms with Crippen LogP contribution in [0.2, 0.25) is 0 Å². The number of rotatable bonds is 6. The van der Waals surface area contributed by atoms with Crippen LogP contribution >= 0.6 is 0 Å². The second kappa shape index (κ2) is 8.29. The molecular formula is C24H20O6. The first-order chi connectivity index (χ1) is 14.6. The van der Waals surface area contributed by atoms with Gasteiger partial charge >= 0.3 is 11.6 Å². The Morgan fingerprint density at radius 2 is 1.73 bits per heavy atom. The maximum atomic E-state index is 12.4. The Labute approximate surface area is 172 Å². The summed E-state index contributed by atoms with van der Waals surface area (Å²) >= 11 is 0. The van der Waals surface area contributed by atoms with Gasteiger partial charge in [0.1, 0.15) is 12.2 Å². The molecule has 1 aromatic heterocycles. The Morgan fingerprint density at radius 3 is 2.53 bits per heavy atom. The highest BCUT2D eigenvalue weighted by molar-refractivity contribution is 6.07. The van der Waals surface area contributed by atoms with Gasteiger partial charge in [0.2, 0.25) is 0 Å². The molecule has 0 fully saturated rings. The molecule has 0 aliphatic rings. The van der Waals surface area contributed by atoms with E-state index in [1.165, 1.54) is 13.2 Å². The Bertz CT molecular complexity index is 1290. The molecule has 0 aliphatic carbocycles. The number of fused-ring (bicyclic) bond motifs is 3. The lowest BCUT2D eigenvalue weighted by atomic mass is 10.0. The number of ether oxygens (including phenoxy) is 3. The first-order valence-electron chi connectivity index (χ1n) is 9.40. The number of hydrogen-bond acceptors (Lipinski definition) is 6. The third-order valence-corrected chi connectivity index (χ3v) is 4.90. The molecule has 0 bridgehead atoms. The summed E-state index contributed by atoms with van der Waals surface area (Å²) in [6, 6.07) is 18.1. The third kappa shape index (κ3) is 3.85. The van der Waals surface area contributed by atoms with Gasteiger partial charge in [-0.15, -0.1) is 0 Å². The molecule has 0 amide bonds. The number of carbonyl (C=O) groups is 1. The molecular weight excluding hydrogens is 384 g/mol. The van der Waals surface area contributed by atoms with Gasteiger partial charge in [0.15, 0.2) is 11.5 Å². The van der Waals surface area contributed by atoms with E-state index in [2.05, 4.69) is 0 Å². The van der Waals surface area contributed by atoms with Crippen molar-refractivity contribution in [3.8, 4) is 11.5 Å². The van der Waals surface area contributed by atoms with Crippen LogP contribution in [-0.2, 0) is 22.6 Å². The molecule has 0 unspecified atom stereocenters. The number of methoxy groups -OCH3 is 2. The predicted octanol–water partition coefficient (Wildman–Crippen LogP) is 4.25. The molecule has 0 radical (unpaired) electrons. The Balaban J connectivity index is 1.58. The zero-order valence-corrected chi connectivity index (χ0v) is 16.6. The molecule has 4 aromatic rings. The van der Waals surface area contributed by atoms with E-state index < -0.39 is 11.6 Å². The first-order valence-corrected chi connectivity index (χ1v) is 9.40. The molecule has 4 rings (SSSR count). The quantitative estimate of drug-likeness (QED) is 0.272. The van der Waals surface area contributed by atoms with Gasteiger partial charge < -0.3 is 18.6 Å². The van der Waals surface area contributed by atoms with Crippen LogP contribution < -0.4 is 15.1 Å². The Hall–Kier alpha value is -3.80. The topological polar surface area (TPSA) is 75.0 Å². The monoisotopic (exact) mass is 404 g/mol. The normalized spacial score (nSPS) is 10.9. The maximum Gasteiger partial charge on any atom is 0.336 e. The fraction of sp³-hybridized carbons (Fsp3) is 0.167. The Morgan fingerprint density at radius 1 is 0.933 bits per heavy atom. The highest BCUT2D eigenvalue weighted by Gasteiger charge is 2.13. The van der Waals surface area contributed by atoms with Crippen molar-refractivity contribution in [2.24, 2.45) is 0 Å². The van der Waals surface area contributed by atoms with E-state index in [1.807, 2.05) is 30.3 Å². The fourth-order valence-corrected chi connectivity index (χ4v) is 3.50. The molecule has 0 saturated carbocycles. The van der Waals surface area contributed by atoms with E-state index in [4.69, 9.17) is 18.6 Å². The first kappa shape index (κ1) is 19.5. The molecule has 0 N–H and O–H groups in total. The highest BCUT2D eigenvalue weighted by Crippen LogP contribution is 2.29. The molecule has 3 aromatic carbocycles. The van der Waals surface area contributed by atoms with Gasteiger partial charge in [-0.2, -0.15) is 0 Å². The predicted molar refractivity (Wildman–Crippen MR) is 113 cm³/mol. The minimum absolute atomic E-state index is 0.0256. The van der Waals surface area contributed by atoms with Crippen LogP contribution in [0.1, 0.15) is 11.1 Å². The van der Waals surface area contributed by atoms with Crippen LogP contribution in [0, 0.1) is 0 Å². The Kier molecular flexibility index (Phi) is 5.39. The van der Waals surface area contributed by atoms with Gasteiger partial charge in [0.05, 0.1) is 20.6 Å². The van der Waals surface area contributed by atoms with Crippen molar-refractivity contribution in [2.75, 3.05) is 14.2 Å². The van der Waals surface area contributed by atoms with Gasteiger partial charge in [0, 0.05) is 17.0 Å². The van der Waals surface area contributed by atoms with E-state index in [1.54, 1.807) is 31.4 Å². The summed E-state index contributed by atoms with van der Waals surface area (Å²) in [6.45, 7) is -0.0256. The molecule has 0 saturated heterocycles. The fourth-order valence-electron chi connectivity index (χ4n) is 3.50. The zero-order chi connectivity index (χ0) is 21.1. The zero-order valence-electron chi connectivity index (χ0n) is 16.6. The van der Waals surface area contributed by atoms with Gasteiger partial charge in [0.25, 0.3) is 0 Å². The molecule has 152 valence electrons. The van der Waals surface area contributed by atoms with Crippen molar-refractivity contribution in [3.05, 3.63) is 82.2 Å². The van der Waals surface area contributed by atoms with Crippen molar-refractivity contribution in [1.82, 2.24) is 0 Å². The van der Waals surface area contributed by atoms with Crippen molar-refractivity contribution >= 4 is 27.7 Å². The minimum atomic E-state index is -0.483. The van der Waals surface area contributed by atoms with Crippen molar-refractivity contribution < 1.29 is 23.4 Å². The summed E-state index contributed by atoms with van der Waals surface area (Å²) in [5.74, 6) is 0.716. The second-order valence-electron chi connectivity index (χ2n) is 6.78. The van der Waals surface area contributed by atoms with Crippen molar-refractivity contribution in [2.45, 2.75) is 13.0 Å². The van der Waals surface area contributed by atoms with Crippen molar-refractivity contribution in [3.63, 3.8) is 0 Å². The number of esters is 1. The van der Waals surface area contributed by atoms with Gasteiger partial charge in [-0.1, -0.05) is 36.4 Å². The highest BCUT2D eigenvalue weighted by atomic mass is 16.5. The molecule has 6 nitrogen and oxygen atoms in total. The summed E-state index contributed by atoms with van der Waals surface area (Å²) in [4.78, 5) is 24.4. The molecule has 0 spiro atoms. The maximum absolute atomic E-state index is 12.4. The largest absolute Gasteiger partial charge is 0.493 e. The molecule has 1 heterocycles. The van der Waals surface area contributed by atoms with E-state index in [9.17, 15) is 9.59 Å². The van der Waals surface area contributed by atoms with Crippen LogP contribution in [0.4, 0.5) is 0 Å². The van der Waals surface area contributed by atoms with Crippen molar-refractivity contribution in [1.29, 1.82) is 0 Å². The number of benzene rings is 3. The summed E-state index contributed by atoms with van der Waals surface area (Å²) < 4.78 is 21.3. The standard InChI is InChI=1S/C24H20O6/c1-27-19-9-7-15(11-21(19)28-2)12-22(25)29-14-17-13-23(26)30-20-10-8-16-5-3-4-6-18(16)24(17)20/h3-11,13H,12,14H2,1-2H3. The molecule has 0 aliphatic heterocycles. The third-order valence-electron chi connectivity index (χ3n) is 4.90. The lowest BCUT2D eigenvalue weighted by molar-refractivity contribution is -0.144. The summed E-state index contributed by atoms with van der Waals surface area (Å²) in [5.41, 5.74) is 1.33. The smallest absolute Gasteiger partial charge is 0.336 e. The summed E-state index contributed by atoms with van der Waals surface area (Å²) in [7, 11) is 3.09. The summed E-state index contributed by atoms with van der Waals surface area (Å²) in [6.07, 6.45) is 0.0699. The van der Waals surface area contributed by atoms with Crippen LogP contribution in [0.15, 0.2) is 69.9 Å². The van der Waals surface area contributed by atoms with Gasteiger partial charge in [-0.05, 0) is 34.5 Å². The SMILES string of the molecule is COc1ccc(CC(=O)OCc2cc(=O)oc3ccc4ccccc4c23)cc1OC. The number of hydrogen-bond donors (Lipinski definition) is 0. The second-order valence-corrected chi connectivity index (χ2v) is 6.78. The van der Waals surface area contributed by atoms with E-state index in [0.717, 1.165) is 21.7 Å². The average molecular weight is 404 g/mol. The van der Waals surface area contributed by atoms with E-state index in [0.29, 0.717) is 22.6 Å². The van der Waals surface area contributed by atoms with E-state index >= 15 is 0 Å². The van der Waals surface area contributed by atoms with E-state index in [-0.39, 0.29) is 13.0 Å². The van der Waals surface area contributed by atoms with Crippen LogP contribution in [-0.4, -0.2) is 20.2 Å². The molecule has 30 heavy (non-hydrogen) atoms. The van der Waals surface area contributed by atoms with Crippen LogP contribution in [0.5, 0.6) is 11.5 Å². The van der Waals surface area contributed by atoms with Crippen LogP contribution in [0.25, 0.3) is 21.7 Å².